The van der Waals surface area contributed by atoms with E-state index < -0.39 is 11.4 Å². The first-order chi connectivity index (χ1) is 15.6. The molecule has 166 valence electrons. The van der Waals surface area contributed by atoms with Gasteiger partial charge in [0.15, 0.2) is 11.6 Å². The third-order valence-electron chi connectivity index (χ3n) is 7.55. The Bertz CT molecular complexity index is 994. The van der Waals surface area contributed by atoms with Crippen LogP contribution in [0.1, 0.15) is 64.8 Å². The van der Waals surface area contributed by atoms with Crippen molar-refractivity contribution in [1.29, 1.82) is 0 Å². The van der Waals surface area contributed by atoms with Gasteiger partial charge in [0.05, 0.1) is 13.0 Å². The number of nitrogens with zero attached hydrogens (tertiary/aromatic N) is 1. The number of hydrogen-bond donors (Lipinski definition) is 0. The molecule has 1 aliphatic carbocycles. The van der Waals surface area contributed by atoms with Crippen LogP contribution >= 0.6 is 0 Å². The van der Waals surface area contributed by atoms with E-state index in [2.05, 4.69) is 4.90 Å². The molecule has 2 saturated heterocycles. The minimum atomic E-state index is -1.54. The largest absolute Gasteiger partial charge is 0.465 e. The Kier molecular flexibility index (Phi) is 5.68. The second-order valence-corrected chi connectivity index (χ2v) is 9.34. The van der Waals surface area contributed by atoms with Crippen LogP contribution in [0.25, 0.3) is 0 Å². The number of ketones is 2. The molecule has 2 aliphatic heterocycles. The fraction of sp³-hybridized carbons (Fsp3) is 0.444. The lowest BCUT2D eigenvalue weighted by atomic mass is 9.73. The SMILES string of the molecule is O=C(CC1(c2ccccc2)C(=O)c2ccccc2C1=O)OC[C@H]1CCCN2CCCC[C@H]12. The van der Waals surface area contributed by atoms with Gasteiger partial charge in [-0.1, -0.05) is 61.0 Å². The van der Waals surface area contributed by atoms with Gasteiger partial charge >= 0.3 is 5.97 Å². The molecule has 0 spiro atoms. The monoisotopic (exact) mass is 431 g/mol. The molecular weight excluding hydrogens is 402 g/mol. The fourth-order valence-corrected chi connectivity index (χ4v) is 5.93. The standard InChI is InChI=1S/C27H29NO4/c29-24(32-18-19-9-8-16-28-15-7-6-14-23(19)28)17-27(20-10-2-1-3-11-20)25(30)21-12-4-5-13-22(21)26(27)31/h1-5,10-13,19,23H,6-9,14-18H2/t19-,23-/m1/s1. The van der Waals surface area contributed by atoms with Crippen molar-refractivity contribution >= 4 is 17.5 Å². The minimum absolute atomic E-state index is 0.259. The molecule has 5 nitrogen and oxygen atoms in total. The second kappa shape index (κ2) is 8.62. The molecule has 5 heteroatoms. The van der Waals surface area contributed by atoms with Crippen LogP contribution in [0.15, 0.2) is 54.6 Å². The molecule has 0 radical (unpaired) electrons. The Balaban J connectivity index is 1.37. The lowest BCUT2D eigenvalue weighted by molar-refractivity contribution is -0.147. The number of benzene rings is 2. The number of Topliss-reactive ketones (excluding diaryl/α,β-unsaturated/α-hetero) is 2. The van der Waals surface area contributed by atoms with Gasteiger partial charge in [0.25, 0.3) is 0 Å². The number of carbonyl (C=O) groups is 3. The molecule has 2 aromatic carbocycles. The summed E-state index contributed by atoms with van der Waals surface area (Å²) in [6.07, 6.45) is 5.55. The summed E-state index contributed by atoms with van der Waals surface area (Å²) in [6.45, 7) is 2.63. The second-order valence-electron chi connectivity index (χ2n) is 9.34. The Morgan fingerprint density at radius 1 is 0.875 bits per heavy atom. The summed E-state index contributed by atoms with van der Waals surface area (Å²) < 4.78 is 5.76. The molecule has 2 atom stereocenters. The maximum absolute atomic E-state index is 13.5. The average molecular weight is 432 g/mol. The highest BCUT2D eigenvalue weighted by Gasteiger charge is 2.55. The van der Waals surface area contributed by atoms with Crippen LogP contribution in [-0.2, 0) is 14.9 Å². The van der Waals surface area contributed by atoms with Crippen molar-refractivity contribution in [3.63, 3.8) is 0 Å². The number of fused-ring (bicyclic) bond motifs is 2. The molecule has 2 fully saturated rings. The van der Waals surface area contributed by atoms with Crippen LogP contribution in [0.3, 0.4) is 0 Å². The molecule has 32 heavy (non-hydrogen) atoms. The summed E-state index contributed by atoms with van der Waals surface area (Å²) in [5, 5.41) is 0. The van der Waals surface area contributed by atoms with Gasteiger partial charge in [-0.3, -0.25) is 19.3 Å². The van der Waals surface area contributed by atoms with Gasteiger partial charge < -0.3 is 4.74 Å². The lowest BCUT2D eigenvalue weighted by Gasteiger charge is -2.44. The first-order valence-corrected chi connectivity index (χ1v) is 11.7. The van der Waals surface area contributed by atoms with Gasteiger partial charge in [0.1, 0.15) is 5.41 Å². The maximum atomic E-state index is 13.5. The number of hydrogen-bond acceptors (Lipinski definition) is 5. The average Bonchev–Trinajstić information content (AvgIpc) is 3.06. The number of ether oxygens (including phenoxy) is 1. The van der Waals surface area contributed by atoms with Gasteiger partial charge in [0.2, 0.25) is 0 Å². The number of rotatable bonds is 5. The summed E-state index contributed by atoms with van der Waals surface area (Å²) in [4.78, 5) is 42.7. The van der Waals surface area contributed by atoms with Gasteiger partial charge in [0, 0.05) is 23.1 Å². The van der Waals surface area contributed by atoms with Gasteiger partial charge in [-0.05, 0) is 44.3 Å². The maximum Gasteiger partial charge on any atom is 0.307 e. The van der Waals surface area contributed by atoms with Gasteiger partial charge in [-0.15, -0.1) is 0 Å². The van der Waals surface area contributed by atoms with Crippen LogP contribution in [-0.4, -0.2) is 48.2 Å². The Hall–Kier alpha value is -2.79. The van der Waals surface area contributed by atoms with E-state index in [1.807, 2.05) is 6.07 Å². The highest BCUT2D eigenvalue weighted by molar-refractivity contribution is 6.34. The number of esters is 1. The van der Waals surface area contributed by atoms with E-state index in [1.54, 1.807) is 48.5 Å². The van der Waals surface area contributed by atoms with E-state index in [-0.39, 0.29) is 18.0 Å². The summed E-state index contributed by atoms with van der Waals surface area (Å²) in [6, 6.07) is 16.3. The summed E-state index contributed by atoms with van der Waals surface area (Å²) >= 11 is 0. The van der Waals surface area contributed by atoms with Crippen molar-refractivity contribution in [3.05, 3.63) is 71.3 Å². The summed E-state index contributed by atoms with van der Waals surface area (Å²) in [7, 11) is 0. The number of carbonyl (C=O) groups excluding carboxylic acids is 3. The molecule has 3 aliphatic rings. The van der Waals surface area contributed by atoms with Gasteiger partial charge in [-0.2, -0.15) is 0 Å². The Morgan fingerprint density at radius 2 is 1.53 bits per heavy atom. The van der Waals surface area contributed by atoms with E-state index in [1.165, 1.54) is 12.8 Å². The highest BCUT2D eigenvalue weighted by Crippen LogP contribution is 2.42. The molecule has 0 bridgehead atoms. The third kappa shape index (κ3) is 3.49. The molecule has 2 aromatic rings. The zero-order valence-corrected chi connectivity index (χ0v) is 18.3. The van der Waals surface area contributed by atoms with Crippen molar-refractivity contribution in [2.24, 2.45) is 5.92 Å². The van der Waals surface area contributed by atoms with Crippen LogP contribution in [0.4, 0.5) is 0 Å². The van der Waals surface area contributed by atoms with Gasteiger partial charge in [-0.25, -0.2) is 0 Å². The smallest absolute Gasteiger partial charge is 0.307 e. The van der Waals surface area contributed by atoms with E-state index in [9.17, 15) is 14.4 Å². The first-order valence-electron chi connectivity index (χ1n) is 11.7. The zero-order chi connectivity index (χ0) is 22.1. The molecule has 0 unspecified atom stereocenters. The predicted molar refractivity (Wildman–Crippen MR) is 121 cm³/mol. The van der Waals surface area contributed by atoms with Crippen molar-refractivity contribution in [1.82, 2.24) is 4.90 Å². The third-order valence-corrected chi connectivity index (χ3v) is 7.55. The molecule has 0 saturated carbocycles. The van der Waals surface area contributed by atoms with Crippen LogP contribution in [0, 0.1) is 5.92 Å². The molecular formula is C27H29NO4. The topological polar surface area (TPSA) is 63.7 Å². The van der Waals surface area contributed by atoms with Crippen LogP contribution < -0.4 is 0 Å². The Morgan fingerprint density at radius 3 is 2.25 bits per heavy atom. The minimum Gasteiger partial charge on any atom is -0.465 e. The number of piperidine rings is 2. The first kappa shape index (κ1) is 21.1. The zero-order valence-electron chi connectivity index (χ0n) is 18.3. The summed E-state index contributed by atoms with van der Waals surface area (Å²) in [5.41, 5.74) is -0.205. The van der Waals surface area contributed by atoms with Crippen molar-refractivity contribution < 1.29 is 19.1 Å². The molecule has 2 heterocycles. The van der Waals surface area contributed by atoms with Crippen molar-refractivity contribution in [2.45, 2.75) is 50.0 Å². The molecule has 0 amide bonds. The summed E-state index contributed by atoms with van der Waals surface area (Å²) in [5.74, 6) is -0.765. The van der Waals surface area contributed by atoms with Crippen LogP contribution in [0.5, 0.6) is 0 Å². The quantitative estimate of drug-likeness (QED) is 0.524. The van der Waals surface area contributed by atoms with E-state index in [0.29, 0.717) is 35.3 Å². The van der Waals surface area contributed by atoms with Crippen molar-refractivity contribution in [3.8, 4) is 0 Å². The predicted octanol–water partition coefficient (Wildman–Crippen LogP) is 4.20. The fourth-order valence-electron chi connectivity index (χ4n) is 5.93. The molecule has 5 rings (SSSR count). The van der Waals surface area contributed by atoms with Crippen LogP contribution in [0.2, 0.25) is 0 Å². The van der Waals surface area contributed by atoms with E-state index >= 15 is 0 Å². The Labute approximate surface area is 188 Å². The molecule has 0 aromatic heterocycles. The van der Waals surface area contributed by atoms with E-state index in [4.69, 9.17) is 4.74 Å². The lowest BCUT2D eigenvalue weighted by Crippen LogP contribution is -2.49. The molecule has 0 N–H and O–H groups in total. The van der Waals surface area contributed by atoms with E-state index in [0.717, 1.165) is 32.4 Å². The highest BCUT2D eigenvalue weighted by atomic mass is 16.5. The normalized spacial score (nSPS) is 24.6. The van der Waals surface area contributed by atoms with Crippen molar-refractivity contribution in [2.75, 3.05) is 19.7 Å².